The number of hydrogen-bond acceptors (Lipinski definition) is 3. The van der Waals surface area contributed by atoms with Gasteiger partial charge in [-0.1, -0.05) is 0 Å². The lowest BCUT2D eigenvalue weighted by atomic mass is 9.91. The Bertz CT molecular complexity index is 541. The fraction of sp³-hybridized carbons (Fsp3) is 0.588. The van der Waals surface area contributed by atoms with Crippen LogP contribution in [0.5, 0.6) is 5.75 Å². The summed E-state index contributed by atoms with van der Waals surface area (Å²) in [7, 11) is 1.99. The van der Waals surface area contributed by atoms with Crippen molar-refractivity contribution in [3.63, 3.8) is 0 Å². The molecule has 0 aromatic heterocycles. The molecule has 1 aliphatic heterocycles. The zero-order chi connectivity index (χ0) is 15.5. The van der Waals surface area contributed by atoms with E-state index in [0.29, 0.717) is 24.6 Å². The van der Waals surface area contributed by atoms with E-state index in [1.165, 1.54) is 12.1 Å². The Labute approximate surface area is 130 Å². The van der Waals surface area contributed by atoms with Crippen LogP contribution in [0.2, 0.25) is 0 Å². The van der Waals surface area contributed by atoms with Gasteiger partial charge in [-0.05, 0) is 69.3 Å². The van der Waals surface area contributed by atoms with Gasteiger partial charge in [-0.3, -0.25) is 4.79 Å². The van der Waals surface area contributed by atoms with E-state index in [4.69, 9.17) is 4.74 Å². The Morgan fingerprint density at radius 1 is 1.18 bits per heavy atom. The fourth-order valence-electron chi connectivity index (χ4n) is 3.36. The van der Waals surface area contributed by atoms with Crippen molar-refractivity contribution in [3.8, 4) is 5.75 Å². The summed E-state index contributed by atoms with van der Waals surface area (Å²) < 4.78 is 18.9. The van der Waals surface area contributed by atoms with Gasteiger partial charge >= 0.3 is 0 Å². The molecule has 3 rings (SSSR count). The monoisotopic (exact) mass is 306 g/mol. The minimum absolute atomic E-state index is 0.0390. The molecule has 1 amide bonds. The van der Waals surface area contributed by atoms with Crippen LogP contribution in [-0.2, 0) is 11.2 Å². The molecule has 1 atom stereocenters. The topological polar surface area (TPSA) is 50.4 Å². The molecule has 0 radical (unpaired) electrons. The van der Waals surface area contributed by atoms with Gasteiger partial charge < -0.3 is 15.4 Å². The third-order valence-corrected chi connectivity index (χ3v) is 4.74. The van der Waals surface area contributed by atoms with Crippen molar-refractivity contribution in [1.29, 1.82) is 0 Å². The first kappa shape index (κ1) is 15.3. The van der Waals surface area contributed by atoms with Crippen molar-refractivity contribution >= 4 is 5.91 Å². The van der Waals surface area contributed by atoms with Gasteiger partial charge in [0.25, 0.3) is 5.91 Å². The number of aryl methyl sites for hydroxylation is 1. The first-order valence-electron chi connectivity index (χ1n) is 8.08. The van der Waals surface area contributed by atoms with Crippen LogP contribution in [-0.4, -0.2) is 31.1 Å². The van der Waals surface area contributed by atoms with Crippen LogP contribution in [0, 0.1) is 5.82 Å². The Morgan fingerprint density at radius 2 is 1.91 bits per heavy atom. The summed E-state index contributed by atoms with van der Waals surface area (Å²) in [5.41, 5.74) is 0.846. The maximum Gasteiger partial charge on any atom is 0.261 e. The van der Waals surface area contributed by atoms with Gasteiger partial charge in [-0.25, -0.2) is 4.39 Å². The first-order chi connectivity index (χ1) is 10.7. The lowest BCUT2D eigenvalue weighted by molar-refractivity contribution is -0.129. The van der Waals surface area contributed by atoms with E-state index in [-0.39, 0.29) is 17.8 Å². The van der Waals surface area contributed by atoms with Crippen LogP contribution in [0.3, 0.4) is 0 Å². The highest BCUT2D eigenvalue weighted by Gasteiger charge is 2.29. The van der Waals surface area contributed by atoms with Crippen LogP contribution >= 0.6 is 0 Å². The van der Waals surface area contributed by atoms with Crippen molar-refractivity contribution in [2.45, 2.75) is 56.7 Å². The smallest absolute Gasteiger partial charge is 0.261 e. The second kappa shape index (κ2) is 6.65. The molecule has 1 aromatic rings. The Kier molecular flexibility index (Phi) is 4.62. The highest BCUT2D eigenvalue weighted by atomic mass is 19.1. The summed E-state index contributed by atoms with van der Waals surface area (Å²) >= 11 is 0. The van der Waals surface area contributed by atoms with E-state index in [1.54, 1.807) is 6.07 Å². The molecule has 1 saturated carbocycles. The van der Waals surface area contributed by atoms with Crippen LogP contribution in [0.1, 0.15) is 37.7 Å². The number of carbonyl (C=O) groups excluding carboxylic acids is 1. The standard InChI is InChI=1S/C17H23FN2O2/c1-19-13-4-6-14(7-5-13)20-17(21)16-8-2-11-10-12(18)3-9-15(11)22-16/h3,9-10,13-14,16,19H,2,4-8H2,1H3,(H,20,21). The third-order valence-electron chi connectivity index (χ3n) is 4.74. The van der Waals surface area contributed by atoms with Crippen molar-refractivity contribution in [2.75, 3.05) is 7.05 Å². The summed E-state index contributed by atoms with van der Waals surface area (Å²) in [4.78, 5) is 12.4. The Balaban J connectivity index is 1.54. The molecule has 2 aliphatic rings. The molecular weight excluding hydrogens is 283 g/mol. The number of carbonyl (C=O) groups is 1. The van der Waals surface area contributed by atoms with E-state index in [2.05, 4.69) is 10.6 Å². The number of hydrogen-bond donors (Lipinski definition) is 2. The lowest BCUT2D eigenvalue weighted by Crippen LogP contribution is -2.47. The highest BCUT2D eigenvalue weighted by Crippen LogP contribution is 2.28. The molecule has 1 aliphatic carbocycles. The zero-order valence-corrected chi connectivity index (χ0v) is 12.9. The minimum atomic E-state index is -0.458. The number of halogens is 1. The number of amides is 1. The van der Waals surface area contributed by atoms with E-state index in [1.807, 2.05) is 7.05 Å². The molecule has 1 unspecified atom stereocenters. The van der Waals surface area contributed by atoms with Gasteiger partial charge in [0.05, 0.1) is 0 Å². The predicted octanol–water partition coefficient (Wildman–Crippen LogP) is 2.17. The van der Waals surface area contributed by atoms with Crippen molar-refractivity contribution in [2.24, 2.45) is 0 Å². The summed E-state index contributed by atoms with van der Waals surface area (Å²) in [5.74, 6) is 0.334. The number of rotatable bonds is 3. The maximum atomic E-state index is 13.2. The van der Waals surface area contributed by atoms with Gasteiger partial charge in [-0.2, -0.15) is 0 Å². The van der Waals surface area contributed by atoms with Crippen LogP contribution in [0.25, 0.3) is 0 Å². The van der Waals surface area contributed by atoms with Crippen molar-refractivity contribution in [3.05, 3.63) is 29.6 Å². The third kappa shape index (κ3) is 3.40. The van der Waals surface area contributed by atoms with Crippen LogP contribution < -0.4 is 15.4 Å². The Morgan fingerprint density at radius 3 is 2.64 bits per heavy atom. The van der Waals surface area contributed by atoms with Gasteiger partial charge in [0.15, 0.2) is 6.10 Å². The van der Waals surface area contributed by atoms with Crippen molar-refractivity contribution in [1.82, 2.24) is 10.6 Å². The normalized spacial score (nSPS) is 27.6. The number of fused-ring (bicyclic) bond motifs is 1. The molecule has 2 N–H and O–H groups in total. The maximum absolute atomic E-state index is 13.2. The quantitative estimate of drug-likeness (QED) is 0.900. The average Bonchev–Trinajstić information content (AvgIpc) is 2.55. The molecule has 22 heavy (non-hydrogen) atoms. The molecule has 1 heterocycles. The van der Waals surface area contributed by atoms with Crippen molar-refractivity contribution < 1.29 is 13.9 Å². The van der Waals surface area contributed by atoms with E-state index < -0.39 is 6.10 Å². The van der Waals surface area contributed by atoms with Gasteiger partial charge in [0, 0.05) is 12.1 Å². The predicted molar refractivity (Wildman–Crippen MR) is 82.4 cm³/mol. The van der Waals surface area contributed by atoms with E-state index >= 15 is 0 Å². The largest absolute Gasteiger partial charge is 0.480 e. The average molecular weight is 306 g/mol. The van der Waals surface area contributed by atoms with E-state index in [9.17, 15) is 9.18 Å². The Hall–Kier alpha value is -1.62. The lowest BCUT2D eigenvalue weighted by Gasteiger charge is -2.31. The molecule has 0 spiro atoms. The molecule has 0 bridgehead atoms. The van der Waals surface area contributed by atoms with Gasteiger partial charge in [-0.15, -0.1) is 0 Å². The second-order valence-electron chi connectivity index (χ2n) is 6.24. The molecule has 1 fully saturated rings. The van der Waals surface area contributed by atoms with Gasteiger partial charge in [0.2, 0.25) is 0 Å². The minimum Gasteiger partial charge on any atom is -0.480 e. The second-order valence-corrected chi connectivity index (χ2v) is 6.24. The van der Waals surface area contributed by atoms with E-state index in [0.717, 1.165) is 31.2 Å². The van der Waals surface area contributed by atoms with Crippen LogP contribution in [0.15, 0.2) is 18.2 Å². The number of benzene rings is 1. The zero-order valence-electron chi connectivity index (χ0n) is 12.9. The molecule has 0 saturated heterocycles. The van der Waals surface area contributed by atoms with Crippen LogP contribution in [0.4, 0.5) is 4.39 Å². The fourth-order valence-corrected chi connectivity index (χ4v) is 3.36. The number of nitrogens with one attached hydrogen (secondary N) is 2. The molecule has 1 aromatic carbocycles. The summed E-state index contributed by atoms with van der Waals surface area (Å²) in [6.07, 6.45) is 5.02. The molecule has 120 valence electrons. The molecule has 4 nitrogen and oxygen atoms in total. The summed E-state index contributed by atoms with van der Waals surface area (Å²) in [6.45, 7) is 0. The summed E-state index contributed by atoms with van der Waals surface area (Å²) in [5, 5.41) is 6.40. The highest BCUT2D eigenvalue weighted by molar-refractivity contribution is 5.81. The SMILES string of the molecule is CNC1CCC(NC(=O)C2CCc3cc(F)ccc3O2)CC1. The number of ether oxygens (including phenoxy) is 1. The van der Waals surface area contributed by atoms with Gasteiger partial charge in [0.1, 0.15) is 11.6 Å². The molecule has 5 heteroatoms. The molecular formula is C17H23FN2O2. The summed E-state index contributed by atoms with van der Waals surface area (Å²) in [6, 6.07) is 5.29. The first-order valence-corrected chi connectivity index (χ1v) is 8.08.